The average Bonchev–Trinajstić information content (AvgIpc) is 3.06. The summed E-state index contributed by atoms with van der Waals surface area (Å²) in [6.45, 7) is 6.94. The summed E-state index contributed by atoms with van der Waals surface area (Å²) in [5, 5.41) is 9.87. The molecule has 4 heterocycles. The first-order valence-corrected chi connectivity index (χ1v) is 10.5. The van der Waals surface area contributed by atoms with Gasteiger partial charge in [0.05, 0.1) is 5.69 Å². The highest BCUT2D eigenvalue weighted by atomic mass is 16.3. The number of aromatic nitrogens is 4. The van der Waals surface area contributed by atoms with E-state index in [0.29, 0.717) is 0 Å². The maximum Gasteiger partial charge on any atom is 0.160 e. The number of aromatic hydroxyl groups is 1. The van der Waals surface area contributed by atoms with Gasteiger partial charge in [-0.15, -0.1) is 0 Å². The molecular weight excluding hydrogens is 386 g/mol. The van der Waals surface area contributed by atoms with Crippen LogP contribution >= 0.6 is 0 Å². The Kier molecular flexibility index (Phi) is 5.00. The Labute approximate surface area is 181 Å². The molecule has 0 atom stereocenters. The van der Waals surface area contributed by atoms with Crippen LogP contribution in [-0.2, 0) is 19.5 Å². The zero-order valence-corrected chi connectivity index (χ0v) is 17.8. The van der Waals surface area contributed by atoms with Crippen LogP contribution in [0.2, 0.25) is 0 Å². The fourth-order valence-electron chi connectivity index (χ4n) is 4.40. The molecule has 0 aliphatic carbocycles. The van der Waals surface area contributed by atoms with E-state index in [2.05, 4.69) is 39.3 Å². The van der Waals surface area contributed by atoms with Crippen LogP contribution in [0.25, 0.3) is 17.1 Å². The van der Waals surface area contributed by atoms with Gasteiger partial charge in [0.1, 0.15) is 5.75 Å². The SMILES string of the molecule is Cc1cc(CN2CCc3nc(-c4cccnc4)ncc3C2)c(C)n1-c1cccc(O)c1. The Hall–Kier alpha value is -3.51. The molecule has 31 heavy (non-hydrogen) atoms. The molecule has 0 amide bonds. The number of rotatable bonds is 4. The molecule has 4 aromatic rings. The smallest absolute Gasteiger partial charge is 0.160 e. The van der Waals surface area contributed by atoms with Crippen molar-refractivity contribution in [3.63, 3.8) is 0 Å². The second-order valence-electron chi connectivity index (χ2n) is 8.12. The molecule has 0 unspecified atom stereocenters. The maximum atomic E-state index is 9.87. The fraction of sp³-hybridized carbons (Fsp3) is 0.240. The average molecular weight is 412 g/mol. The van der Waals surface area contributed by atoms with Crippen molar-refractivity contribution < 1.29 is 5.11 Å². The fourth-order valence-corrected chi connectivity index (χ4v) is 4.40. The predicted octanol–water partition coefficient (Wildman–Crippen LogP) is 4.21. The van der Waals surface area contributed by atoms with Gasteiger partial charge < -0.3 is 9.67 Å². The van der Waals surface area contributed by atoms with E-state index < -0.39 is 0 Å². The first-order chi connectivity index (χ1) is 15.1. The molecule has 3 aromatic heterocycles. The molecule has 1 aromatic carbocycles. The van der Waals surface area contributed by atoms with E-state index in [1.807, 2.05) is 30.5 Å². The van der Waals surface area contributed by atoms with Gasteiger partial charge in [-0.1, -0.05) is 6.07 Å². The lowest BCUT2D eigenvalue weighted by Crippen LogP contribution is -2.31. The van der Waals surface area contributed by atoms with Gasteiger partial charge in [0, 0.05) is 78.9 Å². The molecule has 0 radical (unpaired) electrons. The van der Waals surface area contributed by atoms with E-state index in [0.717, 1.165) is 48.8 Å². The summed E-state index contributed by atoms with van der Waals surface area (Å²) in [5.74, 6) is 1.03. The van der Waals surface area contributed by atoms with Gasteiger partial charge >= 0.3 is 0 Å². The highest BCUT2D eigenvalue weighted by Crippen LogP contribution is 2.26. The van der Waals surface area contributed by atoms with E-state index in [1.165, 1.54) is 22.5 Å². The van der Waals surface area contributed by atoms with Crippen molar-refractivity contribution in [2.45, 2.75) is 33.4 Å². The van der Waals surface area contributed by atoms with Crippen LogP contribution in [0, 0.1) is 13.8 Å². The third-order valence-corrected chi connectivity index (χ3v) is 5.95. The molecular formula is C25H25N5O. The molecule has 6 heteroatoms. The number of phenolic OH excluding ortho intramolecular Hbond substituents is 1. The van der Waals surface area contributed by atoms with E-state index >= 15 is 0 Å². The first kappa shape index (κ1) is 19.5. The Morgan fingerprint density at radius 1 is 1.06 bits per heavy atom. The summed E-state index contributed by atoms with van der Waals surface area (Å²) in [4.78, 5) is 16.0. The lowest BCUT2D eigenvalue weighted by Gasteiger charge is -2.28. The van der Waals surface area contributed by atoms with Crippen molar-refractivity contribution in [2.24, 2.45) is 0 Å². The number of benzene rings is 1. The van der Waals surface area contributed by atoms with Crippen LogP contribution < -0.4 is 0 Å². The molecule has 156 valence electrons. The summed E-state index contributed by atoms with van der Waals surface area (Å²) < 4.78 is 2.20. The topological polar surface area (TPSA) is 67.1 Å². The minimum atomic E-state index is 0.282. The second-order valence-corrected chi connectivity index (χ2v) is 8.12. The predicted molar refractivity (Wildman–Crippen MR) is 120 cm³/mol. The minimum Gasteiger partial charge on any atom is -0.508 e. The van der Waals surface area contributed by atoms with Crippen LogP contribution in [0.5, 0.6) is 5.75 Å². The van der Waals surface area contributed by atoms with Crippen molar-refractivity contribution in [3.05, 3.63) is 89.3 Å². The molecule has 6 nitrogen and oxygen atoms in total. The van der Waals surface area contributed by atoms with Crippen LogP contribution in [0.1, 0.15) is 28.2 Å². The largest absolute Gasteiger partial charge is 0.508 e. The molecule has 0 fully saturated rings. The van der Waals surface area contributed by atoms with Crippen molar-refractivity contribution in [3.8, 4) is 22.8 Å². The number of hydrogen-bond donors (Lipinski definition) is 1. The van der Waals surface area contributed by atoms with E-state index in [9.17, 15) is 5.11 Å². The van der Waals surface area contributed by atoms with Gasteiger partial charge in [-0.05, 0) is 49.7 Å². The first-order valence-electron chi connectivity index (χ1n) is 10.5. The van der Waals surface area contributed by atoms with Gasteiger partial charge in [0.15, 0.2) is 5.82 Å². The summed E-state index contributed by atoms with van der Waals surface area (Å²) in [5.41, 5.74) is 7.94. The number of nitrogens with zero attached hydrogens (tertiary/aromatic N) is 5. The van der Waals surface area contributed by atoms with Gasteiger partial charge in [-0.25, -0.2) is 9.97 Å². The third kappa shape index (κ3) is 3.82. The van der Waals surface area contributed by atoms with E-state index in [1.54, 1.807) is 24.5 Å². The van der Waals surface area contributed by atoms with Crippen molar-refractivity contribution in [1.82, 2.24) is 24.4 Å². The highest BCUT2D eigenvalue weighted by molar-refractivity contribution is 5.53. The maximum absolute atomic E-state index is 9.87. The number of hydrogen-bond acceptors (Lipinski definition) is 5. The van der Waals surface area contributed by atoms with Crippen molar-refractivity contribution in [1.29, 1.82) is 0 Å². The minimum absolute atomic E-state index is 0.282. The lowest BCUT2D eigenvalue weighted by atomic mass is 10.1. The Bertz CT molecular complexity index is 1230. The van der Waals surface area contributed by atoms with Crippen LogP contribution in [0.4, 0.5) is 0 Å². The number of pyridine rings is 1. The molecule has 0 saturated heterocycles. The monoisotopic (exact) mass is 411 g/mol. The molecule has 1 aliphatic heterocycles. The Balaban J connectivity index is 1.36. The molecule has 0 saturated carbocycles. The van der Waals surface area contributed by atoms with E-state index in [4.69, 9.17) is 4.98 Å². The number of aryl methyl sites for hydroxylation is 1. The highest BCUT2D eigenvalue weighted by Gasteiger charge is 2.21. The Morgan fingerprint density at radius 3 is 2.77 bits per heavy atom. The standard InChI is InChI=1S/C25H25N5O/c1-17-11-20(18(2)30(17)22-6-3-7-23(31)12-22)15-29-10-8-24-21(16-29)14-27-25(28-24)19-5-4-9-26-13-19/h3-7,9,11-14,31H,8,10,15-16H2,1-2H3. The molecule has 0 bridgehead atoms. The summed E-state index contributed by atoms with van der Waals surface area (Å²) >= 11 is 0. The Morgan fingerprint density at radius 2 is 1.97 bits per heavy atom. The van der Waals surface area contributed by atoms with Crippen molar-refractivity contribution in [2.75, 3.05) is 6.54 Å². The number of fused-ring (bicyclic) bond motifs is 1. The second kappa shape index (κ2) is 7.96. The summed E-state index contributed by atoms with van der Waals surface area (Å²) in [6, 6.07) is 13.6. The van der Waals surface area contributed by atoms with E-state index in [-0.39, 0.29) is 5.75 Å². The van der Waals surface area contributed by atoms with Crippen LogP contribution in [-0.4, -0.2) is 36.1 Å². The summed E-state index contributed by atoms with van der Waals surface area (Å²) in [7, 11) is 0. The quantitative estimate of drug-likeness (QED) is 0.545. The molecule has 5 rings (SSSR count). The third-order valence-electron chi connectivity index (χ3n) is 5.95. The van der Waals surface area contributed by atoms with Gasteiger partial charge in [0.25, 0.3) is 0 Å². The van der Waals surface area contributed by atoms with Gasteiger partial charge in [-0.3, -0.25) is 9.88 Å². The van der Waals surface area contributed by atoms with Crippen LogP contribution in [0.15, 0.2) is 61.1 Å². The normalized spacial score (nSPS) is 13.9. The van der Waals surface area contributed by atoms with Crippen LogP contribution in [0.3, 0.4) is 0 Å². The zero-order chi connectivity index (χ0) is 21.4. The summed E-state index contributed by atoms with van der Waals surface area (Å²) in [6.07, 6.45) is 6.44. The lowest BCUT2D eigenvalue weighted by molar-refractivity contribution is 0.242. The van der Waals surface area contributed by atoms with Gasteiger partial charge in [0.2, 0.25) is 0 Å². The molecule has 1 aliphatic rings. The van der Waals surface area contributed by atoms with Crippen molar-refractivity contribution >= 4 is 0 Å². The molecule has 1 N–H and O–H groups in total. The van der Waals surface area contributed by atoms with Gasteiger partial charge in [-0.2, -0.15) is 0 Å². The molecule has 0 spiro atoms. The zero-order valence-electron chi connectivity index (χ0n) is 17.8. The number of phenols is 1.